The third-order valence-corrected chi connectivity index (χ3v) is 4.44. The molecule has 2 aromatic carbocycles. The normalized spacial score (nSPS) is 10.5. The highest BCUT2D eigenvalue weighted by Crippen LogP contribution is 2.23. The van der Waals surface area contributed by atoms with Gasteiger partial charge < -0.3 is 16.0 Å². The quantitative estimate of drug-likeness (QED) is 0.637. The van der Waals surface area contributed by atoms with Crippen LogP contribution >= 0.6 is 23.2 Å². The third-order valence-electron chi connectivity index (χ3n) is 3.89. The Bertz CT molecular complexity index is 885. The summed E-state index contributed by atoms with van der Waals surface area (Å²) in [4.78, 5) is 36.0. The zero-order valence-corrected chi connectivity index (χ0v) is 17.0. The molecule has 0 spiro atoms. The second-order valence-electron chi connectivity index (χ2n) is 6.37. The van der Waals surface area contributed by atoms with E-state index in [0.29, 0.717) is 10.7 Å². The molecule has 8 heteroatoms. The number of halogens is 2. The molecular weight excluding hydrogens is 401 g/mol. The summed E-state index contributed by atoms with van der Waals surface area (Å²) in [7, 11) is 0. The van der Waals surface area contributed by atoms with Gasteiger partial charge in [0.2, 0.25) is 11.8 Å². The molecule has 0 aliphatic carbocycles. The van der Waals surface area contributed by atoms with Crippen molar-refractivity contribution in [2.45, 2.75) is 19.8 Å². The first-order chi connectivity index (χ1) is 13.3. The maximum atomic E-state index is 12.1. The van der Waals surface area contributed by atoms with Gasteiger partial charge in [-0.3, -0.25) is 14.4 Å². The fraction of sp³-hybridized carbons (Fsp3) is 0.250. The Morgan fingerprint density at radius 1 is 0.929 bits per heavy atom. The Labute approximate surface area is 173 Å². The van der Waals surface area contributed by atoms with Crippen molar-refractivity contribution in [2.75, 3.05) is 18.4 Å². The first-order valence-electron chi connectivity index (χ1n) is 8.66. The van der Waals surface area contributed by atoms with Crippen LogP contribution in [0.25, 0.3) is 0 Å². The Hall–Kier alpha value is -2.57. The summed E-state index contributed by atoms with van der Waals surface area (Å²) in [5.41, 5.74) is 1.93. The minimum Gasteiger partial charge on any atom is -0.345 e. The Balaban J connectivity index is 1.81. The van der Waals surface area contributed by atoms with Crippen LogP contribution in [0, 0.1) is 0 Å². The van der Waals surface area contributed by atoms with E-state index in [0.717, 1.165) is 5.56 Å². The van der Waals surface area contributed by atoms with Gasteiger partial charge in [0.15, 0.2) is 0 Å². The maximum Gasteiger partial charge on any atom is 0.253 e. The second-order valence-corrected chi connectivity index (χ2v) is 7.22. The number of amides is 3. The van der Waals surface area contributed by atoms with Crippen LogP contribution in [0.4, 0.5) is 5.69 Å². The van der Waals surface area contributed by atoms with Crippen LogP contribution < -0.4 is 16.0 Å². The van der Waals surface area contributed by atoms with Crippen molar-refractivity contribution in [3.63, 3.8) is 0 Å². The van der Waals surface area contributed by atoms with Crippen molar-refractivity contribution >= 4 is 46.6 Å². The summed E-state index contributed by atoms with van der Waals surface area (Å²) in [5.74, 6) is -1.10. The van der Waals surface area contributed by atoms with E-state index in [-0.39, 0.29) is 35.5 Å². The summed E-state index contributed by atoms with van der Waals surface area (Å²) in [6.45, 7) is 3.57. The number of hydrogen-bond acceptors (Lipinski definition) is 3. The van der Waals surface area contributed by atoms with Gasteiger partial charge in [-0.25, -0.2) is 0 Å². The lowest BCUT2D eigenvalue weighted by atomic mass is 10.0. The van der Waals surface area contributed by atoms with E-state index >= 15 is 0 Å². The molecule has 0 atom stereocenters. The fourth-order valence-electron chi connectivity index (χ4n) is 2.48. The molecule has 0 bridgehead atoms. The molecule has 0 aromatic heterocycles. The van der Waals surface area contributed by atoms with Crippen molar-refractivity contribution in [2.24, 2.45) is 0 Å². The lowest BCUT2D eigenvalue weighted by molar-refractivity contribution is -0.123. The van der Waals surface area contributed by atoms with E-state index in [1.807, 2.05) is 38.1 Å². The number of nitrogens with one attached hydrogen (secondary N) is 3. The lowest BCUT2D eigenvalue weighted by Gasteiger charge is -2.14. The smallest absolute Gasteiger partial charge is 0.253 e. The molecular formula is C20H21Cl2N3O3. The second kappa shape index (κ2) is 10.1. The predicted molar refractivity (Wildman–Crippen MR) is 111 cm³/mol. The lowest BCUT2D eigenvalue weighted by Crippen LogP contribution is -2.40. The van der Waals surface area contributed by atoms with Crippen molar-refractivity contribution in [3.8, 4) is 0 Å². The highest BCUT2D eigenvalue weighted by atomic mass is 35.5. The predicted octanol–water partition coefficient (Wildman–Crippen LogP) is 3.60. The standard InChI is InChI=1S/C20H21Cl2N3O3/c1-12(2)14-5-3-4-6-17(14)25-19(27)11-23-18(26)10-24-20(28)15-8-7-13(21)9-16(15)22/h3-9,12H,10-11H2,1-2H3,(H,23,26)(H,24,28)(H,25,27). The zero-order chi connectivity index (χ0) is 20.7. The molecule has 0 radical (unpaired) electrons. The average Bonchev–Trinajstić information content (AvgIpc) is 2.64. The SMILES string of the molecule is CC(C)c1ccccc1NC(=O)CNC(=O)CNC(=O)c1ccc(Cl)cc1Cl. The minimum atomic E-state index is -0.507. The monoisotopic (exact) mass is 421 g/mol. The third kappa shape index (κ3) is 6.25. The van der Waals surface area contributed by atoms with Crippen LogP contribution in [-0.2, 0) is 9.59 Å². The van der Waals surface area contributed by atoms with Gasteiger partial charge in [0, 0.05) is 10.7 Å². The molecule has 148 valence electrons. The van der Waals surface area contributed by atoms with E-state index in [1.165, 1.54) is 18.2 Å². The first kappa shape index (κ1) is 21.7. The van der Waals surface area contributed by atoms with Crippen molar-refractivity contribution < 1.29 is 14.4 Å². The summed E-state index contributed by atoms with van der Waals surface area (Å²) >= 11 is 11.7. The molecule has 0 fully saturated rings. The van der Waals surface area contributed by atoms with Gasteiger partial charge in [-0.2, -0.15) is 0 Å². The van der Waals surface area contributed by atoms with Gasteiger partial charge in [-0.05, 0) is 35.7 Å². The number of carbonyl (C=O) groups excluding carboxylic acids is 3. The van der Waals surface area contributed by atoms with Crippen molar-refractivity contribution in [1.82, 2.24) is 10.6 Å². The van der Waals surface area contributed by atoms with Gasteiger partial charge in [0.1, 0.15) is 0 Å². The van der Waals surface area contributed by atoms with E-state index in [1.54, 1.807) is 0 Å². The molecule has 0 unspecified atom stereocenters. The van der Waals surface area contributed by atoms with E-state index in [9.17, 15) is 14.4 Å². The van der Waals surface area contributed by atoms with Crippen LogP contribution in [-0.4, -0.2) is 30.8 Å². The van der Waals surface area contributed by atoms with E-state index < -0.39 is 11.8 Å². The average molecular weight is 422 g/mol. The fourth-order valence-corrected chi connectivity index (χ4v) is 2.97. The van der Waals surface area contributed by atoms with Crippen LogP contribution in [0.2, 0.25) is 10.0 Å². The molecule has 0 saturated carbocycles. The molecule has 2 rings (SSSR count). The Kier molecular flexibility index (Phi) is 7.84. The van der Waals surface area contributed by atoms with Crippen LogP contribution in [0.1, 0.15) is 35.7 Å². The summed E-state index contributed by atoms with van der Waals surface area (Å²) in [6.07, 6.45) is 0. The molecule has 6 nitrogen and oxygen atoms in total. The first-order valence-corrected chi connectivity index (χ1v) is 9.42. The molecule has 3 N–H and O–H groups in total. The van der Waals surface area contributed by atoms with Crippen molar-refractivity contribution in [1.29, 1.82) is 0 Å². The van der Waals surface area contributed by atoms with Gasteiger partial charge >= 0.3 is 0 Å². The van der Waals surface area contributed by atoms with Gasteiger partial charge in [0.25, 0.3) is 5.91 Å². The van der Waals surface area contributed by atoms with Gasteiger partial charge in [-0.1, -0.05) is 55.2 Å². The zero-order valence-electron chi connectivity index (χ0n) is 15.5. The highest BCUT2D eigenvalue weighted by molar-refractivity contribution is 6.36. The number of anilines is 1. The van der Waals surface area contributed by atoms with Crippen LogP contribution in [0.5, 0.6) is 0 Å². The topological polar surface area (TPSA) is 87.3 Å². The van der Waals surface area contributed by atoms with E-state index in [4.69, 9.17) is 23.2 Å². The van der Waals surface area contributed by atoms with Crippen LogP contribution in [0.15, 0.2) is 42.5 Å². The van der Waals surface area contributed by atoms with Crippen LogP contribution in [0.3, 0.4) is 0 Å². The Morgan fingerprint density at radius 3 is 2.29 bits per heavy atom. The van der Waals surface area contributed by atoms with E-state index in [2.05, 4.69) is 16.0 Å². The Morgan fingerprint density at radius 2 is 1.61 bits per heavy atom. The summed E-state index contributed by atoms with van der Waals surface area (Å²) in [6, 6.07) is 11.9. The summed E-state index contributed by atoms with van der Waals surface area (Å²) < 4.78 is 0. The van der Waals surface area contributed by atoms with Gasteiger partial charge in [-0.15, -0.1) is 0 Å². The number of para-hydroxylation sites is 1. The molecule has 3 amide bonds. The largest absolute Gasteiger partial charge is 0.345 e. The molecule has 28 heavy (non-hydrogen) atoms. The highest BCUT2D eigenvalue weighted by Gasteiger charge is 2.13. The number of hydrogen-bond donors (Lipinski definition) is 3. The molecule has 0 aliphatic heterocycles. The molecule has 0 heterocycles. The molecule has 0 saturated heterocycles. The maximum absolute atomic E-state index is 12.1. The van der Waals surface area contributed by atoms with Gasteiger partial charge in [0.05, 0.1) is 23.7 Å². The van der Waals surface area contributed by atoms with Crippen molar-refractivity contribution in [3.05, 3.63) is 63.6 Å². The number of carbonyl (C=O) groups is 3. The minimum absolute atomic E-state index is 0.189. The summed E-state index contributed by atoms with van der Waals surface area (Å²) in [5, 5.41) is 8.28. The molecule has 0 aliphatic rings. The molecule has 2 aromatic rings. The number of benzene rings is 2. The number of rotatable bonds is 7.